The Morgan fingerprint density at radius 2 is 2.00 bits per heavy atom. The van der Waals surface area contributed by atoms with Crippen LogP contribution in [0.5, 0.6) is 0 Å². The number of aromatic carboxylic acids is 1. The van der Waals surface area contributed by atoms with E-state index in [1.165, 1.54) is 6.20 Å². The summed E-state index contributed by atoms with van der Waals surface area (Å²) in [5, 5.41) is 8.71. The third-order valence-corrected chi connectivity index (χ3v) is 4.91. The molecule has 1 aromatic heterocycles. The van der Waals surface area contributed by atoms with Crippen molar-refractivity contribution in [2.75, 3.05) is 0 Å². The number of pyridine rings is 1. The molecule has 22 heavy (non-hydrogen) atoms. The second kappa shape index (κ2) is 6.62. The minimum Gasteiger partial charge on any atom is -0.478 e. The molecule has 1 heterocycles. The molecule has 0 aliphatic carbocycles. The number of nitrogens with zero attached hydrogens (tertiary/aromatic N) is 1. The Labute approximate surface area is 136 Å². The Balaban J connectivity index is 2.33. The number of sulfonamides is 1. The van der Waals surface area contributed by atoms with Crippen LogP contribution in [-0.2, 0) is 16.6 Å². The lowest BCUT2D eigenvalue weighted by molar-refractivity contribution is 0.0697. The molecule has 0 amide bonds. The highest BCUT2D eigenvalue weighted by atomic mass is 35.5. The lowest BCUT2D eigenvalue weighted by Gasteiger charge is -2.10. The molecule has 0 saturated carbocycles. The number of nitrogens with one attached hydrogen (secondary N) is 1. The Morgan fingerprint density at radius 1 is 1.27 bits per heavy atom. The average Bonchev–Trinajstić information content (AvgIpc) is 2.45. The third-order valence-electron chi connectivity index (χ3n) is 2.73. The van der Waals surface area contributed by atoms with Crippen molar-refractivity contribution in [3.63, 3.8) is 0 Å². The number of benzene rings is 1. The van der Waals surface area contributed by atoms with E-state index in [0.717, 1.165) is 12.1 Å². The van der Waals surface area contributed by atoms with Gasteiger partial charge in [-0.1, -0.05) is 29.3 Å². The largest absolute Gasteiger partial charge is 0.478 e. The van der Waals surface area contributed by atoms with Gasteiger partial charge in [-0.25, -0.2) is 17.9 Å². The van der Waals surface area contributed by atoms with Crippen LogP contribution in [0.2, 0.25) is 10.0 Å². The maximum Gasteiger partial charge on any atom is 0.337 e. The van der Waals surface area contributed by atoms with E-state index in [9.17, 15) is 13.2 Å². The lowest BCUT2D eigenvalue weighted by Crippen LogP contribution is -2.24. The maximum atomic E-state index is 12.3. The van der Waals surface area contributed by atoms with E-state index in [1.54, 1.807) is 18.3 Å². The molecule has 9 heteroatoms. The van der Waals surface area contributed by atoms with Crippen LogP contribution >= 0.6 is 23.2 Å². The summed E-state index contributed by atoms with van der Waals surface area (Å²) in [7, 11) is -3.99. The molecule has 2 rings (SSSR count). The van der Waals surface area contributed by atoms with Crippen molar-refractivity contribution in [2.24, 2.45) is 0 Å². The molecular formula is C13H10Cl2N2O4S. The van der Waals surface area contributed by atoms with E-state index in [0.29, 0.717) is 5.56 Å². The fourth-order valence-corrected chi connectivity index (χ4v) is 3.53. The SMILES string of the molecule is O=C(O)c1cc(S(=O)(=O)NCc2cccnc2)c(Cl)cc1Cl. The summed E-state index contributed by atoms with van der Waals surface area (Å²) in [6.07, 6.45) is 3.07. The lowest BCUT2D eigenvalue weighted by atomic mass is 10.2. The van der Waals surface area contributed by atoms with Crippen LogP contribution in [0, 0.1) is 0 Å². The molecule has 0 radical (unpaired) electrons. The standard InChI is InChI=1S/C13H10Cl2N2O4S/c14-10-5-11(15)12(4-9(10)13(18)19)22(20,21)17-7-8-2-1-3-16-6-8/h1-6,17H,7H2,(H,18,19). The Bertz CT molecular complexity index is 810. The molecule has 0 spiro atoms. The highest BCUT2D eigenvalue weighted by Gasteiger charge is 2.22. The number of hydrogen-bond acceptors (Lipinski definition) is 4. The number of carboxylic acids is 1. The van der Waals surface area contributed by atoms with Gasteiger partial charge in [0, 0.05) is 18.9 Å². The predicted octanol–water partition coefficient (Wildman–Crippen LogP) is 2.57. The summed E-state index contributed by atoms with van der Waals surface area (Å²) in [4.78, 5) is 14.6. The van der Waals surface area contributed by atoms with Gasteiger partial charge in [0.2, 0.25) is 10.0 Å². The van der Waals surface area contributed by atoms with Crippen molar-refractivity contribution >= 4 is 39.2 Å². The zero-order valence-electron chi connectivity index (χ0n) is 11.0. The molecule has 0 bridgehead atoms. The zero-order chi connectivity index (χ0) is 16.3. The second-order valence-electron chi connectivity index (χ2n) is 4.25. The third kappa shape index (κ3) is 3.75. The number of carboxylic acid groups (broad SMARTS) is 1. The summed E-state index contributed by atoms with van der Waals surface area (Å²) in [5.41, 5.74) is 0.308. The molecule has 0 aliphatic rings. The topological polar surface area (TPSA) is 96.4 Å². The van der Waals surface area contributed by atoms with Crippen LogP contribution in [0.15, 0.2) is 41.6 Å². The summed E-state index contributed by atoms with van der Waals surface area (Å²) >= 11 is 11.6. The molecule has 0 saturated heterocycles. The Morgan fingerprint density at radius 3 is 2.59 bits per heavy atom. The number of carbonyl (C=O) groups is 1. The van der Waals surface area contributed by atoms with E-state index in [2.05, 4.69) is 9.71 Å². The molecule has 116 valence electrons. The predicted molar refractivity (Wildman–Crippen MR) is 81.7 cm³/mol. The quantitative estimate of drug-likeness (QED) is 0.853. The fourth-order valence-electron chi connectivity index (χ4n) is 1.66. The summed E-state index contributed by atoms with van der Waals surface area (Å²) in [6, 6.07) is 5.38. The highest BCUT2D eigenvalue weighted by Crippen LogP contribution is 2.28. The van der Waals surface area contributed by atoms with Crippen LogP contribution < -0.4 is 4.72 Å². The number of hydrogen-bond donors (Lipinski definition) is 2. The summed E-state index contributed by atoms with van der Waals surface area (Å²) in [6.45, 7) is -0.00245. The van der Waals surface area contributed by atoms with E-state index < -0.39 is 16.0 Å². The molecule has 1 aromatic carbocycles. The number of aromatic nitrogens is 1. The van der Waals surface area contributed by atoms with Crippen LogP contribution in [-0.4, -0.2) is 24.5 Å². The molecule has 0 fully saturated rings. The Kier molecular flexibility index (Phi) is 5.02. The van der Waals surface area contributed by atoms with Gasteiger partial charge in [0.15, 0.2) is 0 Å². The van der Waals surface area contributed by atoms with Gasteiger partial charge in [0.05, 0.1) is 15.6 Å². The van der Waals surface area contributed by atoms with Crippen LogP contribution in [0.25, 0.3) is 0 Å². The highest BCUT2D eigenvalue weighted by molar-refractivity contribution is 7.89. The first-order chi connectivity index (χ1) is 10.3. The second-order valence-corrected chi connectivity index (χ2v) is 6.80. The van der Waals surface area contributed by atoms with E-state index in [4.69, 9.17) is 28.3 Å². The fraction of sp³-hybridized carbons (Fsp3) is 0.0769. The number of halogens is 2. The van der Waals surface area contributed by atoms with E-state index in [1.807, 2.05) is 0 Å². The van der Waals surface area contributed by atoms with Gasteiger partial charge < -0.3 is 5.11 Å². The molecule has 0 unspecified atom stereocenters. The van der Waals surface area contributed by atoms with Gasteiger partial charge in [-0.05, 0) is 23.8 Å². The minimum atomic E-state index is -3.99. The van der Waals surface area contributed by atoms with Crippen molar-refractivity contribution in [3.8, 4) is 0 Å². The molecule has 0 atom stereocenters. The molecule has 0 aliphatic heterocycles. The van der Waals surface area contributed by atoms with E-state index in [-0.39, 0.29) is 27.0 Å². The van der Waals surface area contributed by atoms with Crippen LogP contribution in [0.3, 0.4) is 0 Å². The zero-order valence-corrected chi connectivity index (χ0v) is 13.3. The van der Waals surface area contributed by atoms with Crippen LogP contribution in [0.1, 0.15) is 15.9 Å². The van der Waals surface area contributed by atoms with Gasteiger partial charge in [-0.3, -0.25) is 4.98 Å². The summed E-state index contributed by atoms with van der Waals surface area (Å²) in [5.74, 6) is -1.34. The smallest absolute Gasteiger partial charge is 0.337 e. The van der Waals surface area contributed by atoms with Crippen LogP contribution in [0.4, 0.5) is 0 Å². The van der Waals surface area contributed by atoms with Gasteiger partial charge in [-0.2, -0.15) is 0 Å². The number of rotatable bonds is 5. The van der Waals surface area contributed by atoms with Crippen molar-refractivity contribution in [1.82, 2.24) is 9.71 Å². The average molecular weight is 361 g/mol. The molecule has 2 N–H and O–H groups in total. The maximum absolute atomic E-state index is 12.3. The van der Waals surface area contributed by atoms with Gasteiger partial charge >= 0.3 is 5.97 Å². The van der Waals surface area contributed by atoms with Crippen molar-refractivity contribution in [3.05, 3.63) is 57.8 Å². The Hall–Kier alpha value is -1.67. The van der Waals surface area contributed by atoms with Crippen molar-refractivity contribution in [2.45, 2.75) is 11.4 Å². The molecular weight excluding hydrogens is 351 g/mol. The summed E-state index contributed by atoms with van der Waals surface area (Å²) < 4.78 is 26.9. The van der Waals surface area contributed by atoms with Crippen molar-refractivity contribution in [1.29, 1.82) is 0 Å². The van der Waals surface area contributed by atoms with E-state index >= 15 is 0 Å². The molecule has 6 nitrogen and oxygen atoms in total. The van der Waals surface area contributed by atoms with Gasteiger partial charge in [0.25, 0.3) is 0 Å². The first kappa shape index (κ1) is 16.7. The normalized spacial score (nSPS) is 11.4. The van der Waals surface area contributed by atoms with Gasteiger partial charge in [0.1, 0.15) is 4.90 Å². The van der Waals surface area contributed by atoms with Gasteiger partial charge in [-0.15, -0.1) is 0 Å². The minimum absolute atomic E-state index is 0.00245. The molecule has 2 aromatic rings. The first-order valence-corrected chi connectivity index (χ1v) is 8.16. The first-order valence-electron chi connectivity index (χ1n) is 5.92. The van der Waals surface area contributed by atoms with Crippen molar-refractivity contribution < 1.29 is 18.3 Å². The monoisotopic (exact) mass is 360 g/mol.